The van der Waals surface area contributed by atoms with E-state index in [-0.39, 0.29) is 12.5 Å². The van der Waals surface area contributed by atoms with Crippen molar-refractivity contribution < 1.29 is 4.79 Å². The van der Waals surface area contributed by atoms with Gasteiger partial charge in [-0.2, -0.15) is 0 Å². The fourth-order valence-corrected chi connectivity index (χ4v) is 2.56. The summed E-state index contributed by atoms with van der Waals surface area (Å²) in [6, 6.07) is 9.29. The van der Waals surface area contributed by atoms with Gasteiger partial charge in [-0.25, -0.2) is 9.97 Å². The number of aryl methyl sites for hydroxylation is 1. The molecule has 3 aromatic rings. The zero-order chi connectivity index (χ0) is 16.2. The van der Waals surface area contributed by atoms with Gasteiger partial charge in [0.1, 0.15) is 11.3 Å². The van der Waals surface area contributed by atoms with E-state index in [1.165, 1.54) is 0 Å². The number of nitrogens with one attached hydrogen (secondary N) is 2. The Balaban J connectivity index is 1.63. The summed E-state index contributed by atoms with van der Waals surface area (Å²) in [6.45, 7) is 2.06. The second kappa shape index (κ2) is 6.70. The predicted octanol–water partition coefficient (Wildman–Crippen LogP) is 3.15. The summed E-state index contributed by atoms with van der Waals surface area (Å²) in [5.41, 5.74) is 3.04. The summed E-state index contributed by atoms with van der Waals surface area (Å²) in [7, 11) is 0. The molecular weight excluding hydrogens is 358 g/mol. The van der Waals surface area contributed by atoms with Crippen molar-refractivity contribution in [1.29, 1.82) is 0 Å². The summed E-state index contributed by atoms with van der Waals surface area (Å²) in [5, 5.41) is 5.85. The van der Waals surface area contributed by atoms with Crippen LogP contribution >= 0.6 is 15.9 Å². The first-order valence-corrected chi connectivity index (χ1v) is 7.79. The molecule has 1 aromatic carbocycles. The maximum atomic E-state index is 12.0. The molecule has 0 radical (unpaired) electrons. The number of amides is 1. The molecule has 6 nitrogen and oxygen atoms in total. The monoisotopic (exact) mass is 371 g/mol. The molecule has 0 aliphatic carbocycles. The summed E-state index contributed by atoms with van der Waals surface area (Å²) in [6.07, 6.45) is 3.20. The summed E-state index contributed by atoms with van der Waals surface area (Å²) >= 11 is 3.40. The van der Waals surface area contributed by atoms with Gasteiger partial charge < -0.3 is 10.6 Å². The fraction of sp³-hybridized carbons (Fsp3) is 0.125. The molecule has 7 heteroatoms. The van der Waals surface area contributed by atoms with Crippen molar-refractivity contribution >= 4 is 44.5 Å². The second-order valence-electron chi connectivity index (χ2n) is 4.96. The molecule has 2 heterocycles. The molecule has 0 aliphatic heterocycles. The number of halogens is 1. The highest BCUT2D eigenvalue weighted by molar-refractivity contribution is 9.10. The van der Waals surface area contributed by atoms with E-state index in [2.05, 4.69) is 41.5 Å². The molecule has 2 aromatic heterocycles. The molecule has 0 unspecified atom stereocenters. The number of aromatic nitrogens is 3. The van der Waals surface area contributed by atoms with Crippen LogP contribution in [0.4, 0.5) is 11.5 Å². The predicted molar refractivity (Wildman–Crippen MR) is 93.3 cm³/mol. The lowest BCUT2D eigenvalue weighted by molar-refractivity contribution is -0.114. The van der Waals surface area contributed by atoms with E-state index in [1.54, 1.807) is 18.5 Å². The minimum Gasteiger partial charge on any atom is -0.361 e. The number of pyridine rings is 1. The zero-order valence-corrected chi connectivity index (χ0v) is 14.0. The Hall–Kier alpha value is -2.54. The second-order valence-corrected chi connectivity index (χ2v) is 5.87. The molecule has 2 N–H and O–H groups in total. The van der Waals surface area contributed by atoms with Gasteiger partial charge in [-0.3, -0.25) is 9.78 Å². The van der Waals surface area contributed by atoms with Crippen LogP contribution in [-0.2, 0) is 4.79 Å². The number of fused-ring (bicyclic) bond motifs is 1. The molecule has 0 bridgehead atoms. The molecule has 1 amide bonds. The van der Waals surface area contributed by atoms with Gasteiger partial charge >= 0.3 is 0 Å². The molecule has 0 saturated carbocycles. The normalized spacial score (nSPS) is 10.5. The summed E-state index contributed by atoms with van der Waals surface area (Å²) < 4.78 is 0.979. The lowest BCUT2D eigenvalue weighted by Crippen LogP contribution is -2.22. The Morgan fingerprint density at radius 1 is 1.17 bits per heavy atom. The molecule has 0 fully saturated rings. The highest BCUT2D eigenvalue weighted by atomic mass is 79.9. The van der Waals surface area contributed by atoms with Crippen molar-refractivity contribution in [2.24, 2.45) is 0 Å². The lowest BCUT2D eigenvalue weighted by Gasteiger charge is -2.10. The van der Waals surface area contributed by atoms with E-state index in [4.69, 9.17) is 0 Å². The average molecular weight is 372 g/mol. The first-order chi connectivity index (χ1) is 11.1. The maximum Gasteiger partial charge on any atom is 0.243 e. The quantitative estimate of drug-likeness (QED) is 0.736. The Morgan fingerprint density at radius 3 is 2.83 bits per heavy atom. The summed E-state index contributed by atoms with van der Waals surface area (Å²) in [4.78, 5) is 24.7. The first-order valence-electron chi connectivity index (χ1n) is 6.99. The first kappa shape index (κ1) is 15.4. The van der Waals surface area contributed by atoms with Crippen LogP contribution in [0, 0.1) is 6.92 Å². The number of hydrogen-bond acceptors (Lipinski definition) is 5. The van der Waals surface area contributed by atoms with Crippen molar-refractivity contribution in [2.45, 2.75) is 6.92 Å². The van der Waals surface area contributed by atoms with Crippen molar-refractivity contribution in [2.75, 3.05) is 17.2 Å². The van der Waals surface area contributed by atoms with Crippen molar-refractivity contribution in [3.63, 3.8) is 0 Å². The Morgan fingerprint density at radius 2 is 2.00 bits per heavy atom. The zero-order valence-electron chi connectivity index (χ0n) is 12.4. The third kappa shape index (κ3) is 3.81. The standard InChI is InChI=1S/C16H14BrN5O/c1-10-8-11(17)2-3-12(10)21-15(23)9-20-14-5-4-13-16(22-14)19-7-6-18-13/h2-8H,9H2,1H3,(H,21,23)(H,19,20,22). The molecule has 3 rings (SSSR count). The lowest BCUT2D eigenvalue weighted by atomic mass is 10.2. The Kier molecular flexibility index (Phi) is 4.47. The highest BCUT2D eigenvalue weighted by Crippen LogP contribution is 2.20. The van der Waals surface area contributed by atoms with Crippen LogP contribution in [0.3, 0.4) is 0 Å². The van der Waals surface area contributed by atoms with Crippen molar-refractivity contribution in [1.82, 2.24) is 15.0 Å². The average Bonchev–Trinajstić information content (AvgIpc) is 2.55. The third-order valence-electron chi connectivity index (χ3n) is 3.22. The number of carbonyl (C=O) groups is 1. The SMILES string of the molecule is Cc1cc(Br)ccc1NC(=O)CNc1ccc2nccnc2n1. The molecule has 23 heavy (non-hydrogen) atoms. The van der Waals surface area contributed by atoms with E-state index in [0.717, 1.165) is 15.7 Å². The van der Waals surface area contributed by atoms with Gasteiger partial charge in [0.25, 0.3) is 0 Å². The van der Waals surface area contributed by atoms with E-state index >= 15 is 0 Å². The summed E-state index contributed by atoms with van der Waals surface area (Å²) in [5.74, 6) is 0.442. The minimum absolute atomic E-state index is 0.119. The number of benzene rings is 1. The Labute approximate surface area is 141 Å². The van der Waals surface area contributed by atoms with Crippen LogP contribution in [0.15, 0.2) is 47.2 Å². The maximum absolute atomic E-state index is 12.0. The fourth-order valence-electron chi connectivity index (χ4n) is 2.09. The van der Waals surface area contributed by atoms with Crippen molar-refractivity contribution in [3.05, 3.63) is 52.8 Å². The van der Waals surface area contributed by atoms with Crippen LogP contribution in [0.1, 0.15) is 5.56 Å². The molecule has 0 spiro atoms. The van der Waals surface area contributed by atoms with Crippen LogP contribution in [0.5, 0.6) is 0 Å². The van der Waals surface area contributed by atoms with Gasteiger partial charge in [0, 0.05) is 22.6 Å². The van der Waals surface area contributed by atoms with Gasteiger partial charge in [0.15, 0.2) is 5.65 Å². The van der Waals surface area contributed by atoms with E-state index in [1.807, 2.05) is 31.2 Å². The van der Waals surface area contributed by atoms with Crippen LogP contribution in [0.25, 0.3) is 11.2 Å². The van der Waals surface area contributed by atoms with E-state index in [0.29, 0.717) is 17.0 Å². The van der Waals surface area contributed by atoms with Gasteiger partial charge in [0.2, 0.25) is 5.91 Å². The Bertz CT molecular complexity index is 868. The molecule has 116 valence electrons. The number of rotatable bonds is 4. The highest BCUT2D eigenvalue weighted by Gasteiger charge is 2.06. The number of carbonyl (C=O) groups excluding carboxylic acids is 1. The van der Waals surface area contributed by atoms with Crippen LogP contribution in [-0.4, -0.2) is 27.4 Å². The van der Waals surface area contributed by atoms with Crippen LogP contribution in [0.2, 0.25) is 0 Å². The topological polar surface area (TPSA) is 79.8 Å². The largest absolute Gasteiger partial charge is 0.361 e. The number of hydrogen-bond donors (Lipinski definition) is 2. The van der Waals surface area contributed by atoms with Gasteiger partial charge in [0.05, 0.1) is 6.54 Å². The molecular formula is C16H14BrN5O. The van der Waals surface area contributed by atoms with Crippen molar-refractivity contribution in [3.8, 4) is 0 Å². The minimum atomic E-state index is -0.142. The number of anilines is 2. The van der Waals surface area contributed by atoms with Gasteiger partial charge in [-0.15, -0.1) is 0 Å². The molecule has 0 aliphatic rings. The third-order valence-corrected chi connectivity index (χ3v) is 3.72. The van der Waals surface area contributed by atoms with Gasteiger partial charge in [-0.05, 0) is 42.8 Å². The smallest absolute Gasteiger partial charge is 0.243 e. The van der Waals surface area contributed by atoms with E-state index in [9.17, 15) is 4.79 Å². The van der Waals surface area contributed by atoms with Crippen LogP contribution < -0.4 is 10.6 Å². The van der Waals surface area contributed by atoms with Gasteiger partial charge in [-0.1, -0.05) is 15.9 Å². The molecule has 0 atom stereocenters. The molecule has 0 saturated heterocycles. The van der Waals surface area contributed by atoms with E-state index < -0.39 is 0 Å². The number of nitrogens with zero attached hydrogens (tertiary/aromatic N) is 3.